The van der Waals surface area contributed by atoms with Crippen molar-refractivity contribution in [3.8, 4) is 0 Å². The lowest BCUT2D eigenvalue weighted by Gasteiger charge is -2.35. The van der Waals surface area contributed by atoms with Crippen LogP contribution >= 0.6 is 12.4 Å². The van der Waals surface area contributed by atoms with Crippen LogP contribution < -0.4 is 5.73 Å². The third-order valence-corrected chi connectivity index (χ3v) is 4.05. The van der Waals surface area contributed by atoms with E-state index >= 15 is 0 Å². The zero-order valence-corrected chi connectivity index (χ0v) is 10.6. The van der Waals surface area contributed by atoms with Crippen LogP contribution in [0.5, 0.6) is 0 Å². The van der Waals surface area contributed by atoms with Crippen molar-refractivity contribution in [2.75, 3.05) is 13.2 Å². The van der Waals surface area contributed by atoms with Gasteiger partial charge >= 0.3 is 0 Å². The summed E-state index contributed by atoms with van der Waals surface area (Å²) in [5.41, 5.74) is 5.87. The summed E-state index contributed by atoms with van der Waals surface area (Å²) in [6, 6.07) is 0.378. The molecule has 0 bridgehead atoms. The first-order valence-corrected chi connectivity index (χ1v) is 6.29. The predicted molar refractivity (Wildman–Crippen MR) is 66.7 cm³/mol. The fourth-order valence-electron chi connectivity index (χ4n) is 2.93. The van der Waals surface area contributed by atoms with Gasteiger partial charge in [-0.15, -0.1) is 12.4 Å². The van der Waals surface area contributed by atoms with Gasteiger partial charge in [-0.05, 0) is 50.4 Å². The van der Waals surface area contributed by atoms with Crippen molar-refractivity contribution < 1.29 is 9.84 Å². The molecule has 1 heterocycles. The number of aliphatic hydroxyl groups is 1. The maximum atomic E-state index is 10.3. The van der Waals surface area contributed by atoms with E-state index < -0.39 is 0 Å². The number of nitrogens with two attached hydrogens (primary N) is 1. The molecule has 3 nitrogen and oxygen atoms in total. The minimum Gasteiger partial charge on any atom is -0.393 e. The lowest BCUT2D eigenvalue weighted by atomic mass is 9.77. The highest BCUT2D eigenvalue weighted by molar-refractivity contribution is 5.85. The molecule has 1 unspecified atom stereocenters. The number of ether oxygens (including phenoxy) is 1. The summed E-state index contributed by atoms with van der Waals surface area (Å²) in [6.45, 7) is 1.65. The molecule has 1 saturated heterocycles. The fraction of sp³-hybridized carbons (Fsp3) is 1.00. The van der Waals surface area contributed by atoms with E-state index in [1.165, 1.54) is 0 Å². The molecule has 0 spiro atoms. The van der Waals surface area contributed by atoms with E-state index in [0.717, 1.165) is 51.7 Å². The van der Waals surface area contributed by atoms with Gasteiger partial charge in [0.1, 0.15) is 0 Å². The first-order chi connectivity index (χ1) is 7.27. The monoisotopic (exact) mass is 249 g/mol. The Morgan fingerprint density at radius 2 is 1.44 bits per heavy atom. The van der Waals surface area contributed by atoms with E-state index in [4.69, 9.17) is 10.5 Å². The summed E-state index contributed by atoms with van der Waals surface area (Å²) < 4.78 is 5.32. The summed E-state index contributed by atoms with van der Waals surface area (Å²) in [5, 5.41) is 10.3. The topological polar surface area (TPSA) is 55.5 Å². The zero-order valence-electron chi connectivity index (χ0n) is 9.81. The standard InChI is InChI=1S/C12H23NO2.ClH/c13-11-3-1-9(2-4-11)12(14)10-5-7-15-8-6-10;/h9-12,14H,1-8,13H2;1H. The van der Waals surface area contributed by atoms with Gasteiger partial charge in [0.2, 0.25) is 0 Å². The second-order valence-corrected chi connectivity index (χ2v) is 5.12. The Balaban J connectivity index is 0.00000128. The minimum atomic E-state index is -0.110. The molecule has 2 rings (SSSR count). The highest BCUT2D eigenvalue weighted by atomic mass is 35.5. The van der Waals surface area contributed by atoms with Crippen molar-refractivity contribution in [2.45, 2.75) is 50.7 Å². The maximum Gasteiger partial charge on any atom is 0.0598 e. The number of aliphatic hydroxyl groups excluding tert-OH is 1. The van der Waals surface area contributed by atoms with Crippen molar-refractivity contribution in [1.82, 2.24) is 0 Å². The summed E-state index contributed by atoms with van der Waals surface area (Å²) >= 11 is 0. The van der Waals surface area contributed by atoms with Crippen LogP contribution in [0.4, 0.5) is 0 Å². The van der Waals surface area contributed by atoms with Gasteiger partial charge in [-0.2, -0.15) is 0 Å². The summed E-state index contributed by atoms with van der Waals surface area (Å²) in [7, 11) is 0. The second-order valence-electron chi connectivity index (χ2n) is 5.12. The second kappa shape index (κ2) is 6.80. The van der Waals surface area contributed by atoms with Crippen LogP contribution in [0.2, 0.25) is 0 Å². The van der Waals surface area contributed by atoms with Gasteiger partial charge in [0.25, 0.3) is 0 Å². The Hall–Kier alpha value is 0.170. The SMILES string of the molecule is Cl.NC1CCC(C(O)C2CCOCC2)CC1. The zero-order chi connectivity index (χ0) is 10.7. The third-order valence-electron chi connectivity index (χ3n) is 4.05. The molecule has 96 valence electrons. The molecule has 0 aromatic carbocycles. The van der Waals surface area contributed by atoms with Gasteiger partial charge < -0.3 is 15.6 Å². The van der Waals surface area contributed by atoms with Crippen molar-refractivity contribution in [2.24, 2.45) is 17.6 Å². The van der Waals surface area contributed by atoms with Gasteiger partial charge in [-0.3, -0.25) is 0 Å². The molecule has 0 aromatic heterocycles. The lowest BCUT2D eigenvalue weighted by molar-refractivity contribution is -0.0259. The molecule has 2 fully saturated rings. The largest absolute Gasteiger partial charge is 0.393 e. The van der Waals surface area contributed by atoms with Crippen LogP contribution in [-0.4, -0.2) is 30.5 Å². The first kappa shape index (κ1) is 14.2. The highest BCUT2D eigenvalue weighted by Gasteiger charge is 2.31. The van der Waals surface area contributed by atoms with Crippen LogP contribution in [0.3, 0.4) is 0 Å². The van der Waals surface area contributed by atoms with Crippen LogP contribution in [0.15, 0.2) is 0 Å². The van der Waals surface area contributed by atoms with Crippen molar-refractivity contribution in [3.63, 3.8) is 0 Å². The quantitative estimate of drug-likeness (QED) is 0.784. The Morgan fingerprint density at radius 1 is 0.938 bits per heavy atom. The van der Waals surface area contributed by atoms with Crippen molar-refractivity contribution >= 4 is 12.4 Å². The van der Waals surface area contributed by atoms with E-state index in [0.29, 0.717) is 17.9 Å². The Kier molecular flexibility index (Phi) is 6.05. The summed E-state index contributed by atoms with van der Waals surface area (Å²) in [6.07, 6.45) is 6.35. The van der Waals surface area contributed by atoms with Crippen molar-refractivity contribution in [1.29, 1.82) is 0 Å². The molecule has 0 amide bonds. The fourth-order valence-corrected chi connectivity index (χ4v) is 2.93. The number of rotatable bonds is 2. The lowest BCUT2D eigenvalue weighted by Crippen LogP contribution is -2.37. The predicted octanol–water partition coefficient (Wildman–Crippen LogP) is 1.71. The number of hydrogen-bond donors (Lipinski definition) is 2. The molecule has 1 aliphatic carbocycles. The van der Waals surface area contributed by atoms with Gasteiger partial charge in [-0.25, -0.2) is 0 Å². The number of halogens is 1. The molecule has 1 atom stereocenters. The Morgan fingerprint density at radius 3 is 2.00 bits per heavy atom. The molecular formula is C12H24ClNO2. The summed E-state index contributed by atoms with van der Waals surface area (Å²) in [4.78, 5) is 0. The molecule has 1 aliphatic heterocycles. The molecule has 4 heteroatoms. The van der Waals surface area contributed by atoms with E-state index in [2.05, 4.69) is 0 Å². The number of hydrogen-bond acceptors (Lipinski definition) is 3. The first-order valence-electron chi connectivity index (χ1n) is 6.29. The van der Waals surface area contributed by atoms with Crippen LogP contribution in [-0.2, 0) is 4.74 Å². The smallest absolute Gasteiger partial charge is 0.0598 e. The minimum absolute atomic E-state index is 0. The molecular weight excluding hydrogens is 226 g/mol. The molecule has 0 aromatic rings. The third kappa shape index (κ3) is 3.59. The van der Waals surface area contributed by atoms with Gasteiger partial charge in [-0.1, -0.05) is 0 Å². The molecule has 2 aliphatic rings. The van der Waals surface area contributed by atoms with E-state index in [9.17, 15) is 5.11 Å². The van der Waals surface area contributed by atoms with Crippen LogP contribution in [0, 0.1) is 11.8 Å². The Bertz CT molecular complexity index is 189. The maximum absolute atomic E-state index is 10.3. The van der Waals surface area contributed by atoms with E-state index in [-0.39, 0.29) is 18.5 Å². The summed E-state index contributed by atoms with van der Waals surface area (Å²) in [5.74, 6) is 0.964. The average Bonchev–Trinajstić information content (AvgIpc) is 2.30. The molecule has 1 saturated carbocycles. The van der Waals surface area contributed by atoms with Gasteiger partial charge in [0.05, 0.1) is 6.10 Å². The normalized spacial score (nSPS) is 34.1. The Labute approximate surface area is 104 Å². The van der Waals surface area contributed by atoms with E-state index in [1.807, 2.05) is 0 Å². The van der Waals surface area contributed by atoms with Crippen LogP contribution in [0.1, 0.15) is 38.5 Å². The van der Waals surface area contributed by atoms with Gasteiger partial charge in [0.15, 0.2) is 0 Å². The van der Waals surface area contributed by atoms with E-state index in [1.54, 1.807) is 0 Å². The average molecular weight is 250 g/mol. The van der Waals surface area contributed by atoms with Crippen LogP contribution in [0.25, 0.3) is 0 Å². The highest BCUT2D eigenvalue weighted by Crippen LogP contribution is 2.32. The van der Waals surface area contributed by atoms with Crippen molar-refractivity contribution in [3.05, 3.63) is 0 Å². The molecule has 3 N–H and O–H groups in total. The van der Waals surface area contributed by atoms with Gasteiger partial charge in [0, 0.05) is 19.3 Å². The molecule has 0 radical (unpaired) electrons. The molecule has 16 heavy (non-hydrogen) atoms.